The average molecular weight is 282 g/mol. The Kier molecular flexibility index (Phi) is 3.95. The van der Waals surface area contributed by atoms with Crippen LogP contribution in [-0.4, -0.2) is 20.1 Å². The predicted octanol–water partition coefficient (Wildman–Crippen LogP) is 3.50. The molecule has 0 saturated carbocycles. The Labute approximate surface area is 126 Å². The highest BCUT2D eigenvalue weighted by Crippen LogP contribution is 2.35. The van der Waals surface area contributed by atoms with Crippen LogP contribution < -0.4 is 10.2 Å². The van der Waals surface area contributed by atoms with Gasteiger partial charge in [-0.15, -0.1) is 0 Å². The number of benzene rings is 2. The number of anilines is 1. The van der Waals surface area contributed by atoms with Crippen molar-refractivity contribution in [1.82, 2.24) is 5.32 Å². The SMILES string of the molecule is CC1NC(c2ccc(N(C)C)cc2)OC1c1ccccc1. The molecule has 0 amide bonds. The Hall–Kier alpha value is -1.84. The standard InChI is InChI=1S/C18H22N2O/c1-13-17(14-7-5-4-6-8-14)21-18(19-13)15-9-11-16(12-10-15)20(2)3/h4-13,17-19H,1-3H3. The minimum absolute atomic E-state index is 0.0404. The molecule has 3 atom stereocenters. The Morgan fingerprint density at radius 3 is 2.19 bits per heavy atom. The summed E-state index contributed by atoms with van der Waals surface area (Å²) in [6.45, 7) is 2.17. The van der Waals surface area contributed by atoms with Crippen molar-refractivity contribution in [3.8, 4) is 0 Å². The molecule has 2 aromatic rings. The first-order chi connectivity index (χ1) is 10.1. The van der Waals surface area contributed by atoms with Gasteiger partial charge in [-0.05, 0) is 30.2 Å². The third kappa shape index (κ3) is 2.94. The molecule has 1 N–H and O–H groups in total. The molecule has 1 aliphatic heterocycles. The van der Waals surface area contributed by atoms with Gasteiger partial charge in [-0.3, -0.25) is 5.32 Å². The zero-order chi connectivity index (χ0) is 14.8. The van der Waals surface area contributed by atoms with Crippen LogP contribution in [0.2, 0.25) is 0 Å². The fourth-order valence-corrected chi connectivity index (χ4v) is 2.76. The molecule has 0 radical (unpaired) electrons. The predicted molar refractivity (Wildman–Crippen MR) is 86.4 cm³/mol. The van der Waals surface area contributed by atoms with E-state index in [9.17, 15) is 0 Å². The summed E-state index contributed by atoms with van der Waals surface area (Å²) < 4.78 is 6.22. The molecule has 0 bridgehead atoms. The molecule has 1 heterocycles. The van der Waals surface area contributed by atoms with Crippen molar-refractivity contribution in [3.05, 3.63) is 65.7 Å². The summed E-state index contributed by atoms with van der Waals surface area (Å²) in [7, 11) is 4.10. The quantitative estimate of drug-likeness (QED) is 0.932. The van der Waals surface area contributed by atoms with Gasteiger partial charge in [0.2, 0.25) is 0 Å². The van der Waals surface area contributed by atoms with Gasteiger partial charge in [0.25, 0.3) is 0 Å². The van der Waals surface area contributed by atoms with Crippen LogP contribution in [0.3, 0.4) is 0 Å². The van der Waals surface area contributed by atoms with Crippen LogP contribution in [-0.2, 0) is 4.74 Å². The highest BCUT2D eigenvalue weighted by atomic mass is 16.5. The maximum Gasteiger partial charge on any atom is 0.135 e. The Morgan fingerprint density at radius 1 is 0.905 bits per heavy atom. The van der Waals surface area contributed by atoms with Crippen molar-refractivity contribution in [2.45, 2.75) is 25.3 Å². The van der Waals surface area contributed by atoms with E-state index >= 15 is 0 Å². The zero-order valence-corrected chi connectivity index (χ0v) is 12.8. The van der Waals surface area contributed by atoms with E-state index in [-0.39, 0.29) is 12.3 Å². The molecule has 110 valence electrons. The lowest BCUT2D eigenvalue weighted by atomic mass is 10.0. The summed E-state index contributed by atoms with van der Waals surface area (Å²) in [5, 5.41) is 3.53. The number of nitrogens with one attached hydrogen (secondary N) is 1. The van der Waals surface area contributed by atoms with Crippen LogP contribution in [0.15, 0.2) is 54.6 Å². The van der Waals surface area contributed by atoms with E-state index in [1.165, 1.54) is 16.8 Å². The molecule has 0 aromatic heterocycles. The van der Waals surface area contributed by atoms with Gasteiger partial charge in [-0.1, -0.05) is 42.5 Å². The maximum atomic E-state index is 6.22. The summed E-state index contributed by atoms with van der Waals surface area (Å²) in [5.74, 6) is 0. The van der Waals surface area contributed by atoms with E-state index in [0.29, 0.717) is 6.04 Å². The number of ether oxygens (including phenoxy) is 1. The van der Waals surface area contributed by atoms with Crippen LogP contribution in [0.1, 0.15) is 30.4 Å². The lowest BCUT2D eigenvalue weighted by Gasteiger charge is -2.16. The van der Waals surface area contributed by atoms with Gasteiger partial charge in [-0.2, -0.15) is 0 Å². The van der Waals surface area contributed by atoms with Gasteiger partial charge in [-0.25, -0.2) is 0 Å². The van der Waals surface area contributed by atoms with E-state index < -0.39 is 0 Å². The van der Waals surface area contributed by atoms with E-state index in [0.717, 1.165) is 0 Å². The minimum atomic E-state index is -0.0404. The summed E-state index contributed by atoms with van der Waals surface area (Å²) >= 11 is 0. The van der Waals surface area contributed by atoms with Crippen molar-refractivity contribution >= 4 is 5.69 Å². The molecular weight excluding hydrogens is 260 g/mol. The normalized spacial score (nSPS) is 25.0. The summed E-state index contributed by atoms with van der Waals surface area (Å²) in [4.78, 5) is 2.10. The van der Waals surface area contributed by atoms with Crippen LogP contribution in [0.25, 0.3) is 0 Å². The van der Waals surface area contributed by atoms with Gasteiger partial charge in [0.1, 0.15) is 12.3 Å². The monoisotopic (exact) mass is 282 g/mol. The van der Waals surface area contributed by atoms with E-state index in [2.05, 4.69) is 65.7 Å². The second-order valence-corrected chi connectivity index (χ2v) is 5.79. The first kappa shape index (κ1) is 14.1. The number of hydrogen-bond acceptors (Lipinski definition) is 3. The average Bonchev–Trinajstić information content (AvgIpc) is 2.90. The molecule has 21 heavy (non-hydrogen) atoms. The van der Waals surface area contributed by atoms with Crippen molar-refractivity contribution in [3.63, 3.8) is 0 Å². The lowest BCUT2D eigenvalue weighted by Crippen LogP contribution is -2.23. The fraction of sp³-hybridized carbons (Fsp3) is 0.333. The third-order valence-corrected chi connectivity index (χ3v) is 3.99. The third-order valence-electron chi connectivity index (χ3n) is 3.99. The maximum absolute atomic E-state index is 6.22. The second kappa shape index (κ2) is 5.88. The molecule has 1 saturated heterocycles. The van der Waals surface area contributed by atoms with Crippen molar-refractivity contribution in [2.24, 2.45) is 0 Å². The highest BCUT2D eigenvalue weighted by Gasteiger charge is 2.33. The smallest absolute Gasteiger partial charge is 0.135 e. The van der Waals surface area contributed by atoms with E-state index in [1.54, 1.807) is 0 Å². The van der Waals surface area contributed by atoms with Gasteiger partial charge in [0.05, 0.1) is 0 Å². The molecule has 0 aliphatic carbocycles. The van der Waals surface area contributed by atoms with Gasteiger partial charge >= 0.3 is 0 Å². The van der Waals surface area contributed by atoms with Gasteiger partial charge in [0, 0.05) is 25.8 Å². The first-order valence-electron chi connectivity index (χ1n) is 7.39. The van der Waals surface area contributed by atoms with Crippen LogP contribution in [0.4, 0.5) is 5.69 Å². The summed E-state index contributed by atoms with van der Waals surface area (Å²) in [5.41, 5.74) is 3.60. The molecule has 0 spiro atoms. The van der Waals surface area contributed by atoms with Gasteiger partial charge < -0.3 is 9.64 Å². The molecule has 3 nitrogen and oxygen atoms in total. The Bertz CT molecular complexity index is 580. The fourth-order valence-electron chi connectivity index (χ4n) is 2.76. The Morgan fingerprint density at radius 2 is 1.57 bits per heavy atom. The zero-order valence-electron chi connectivity index (χ0n) is 12.8. The number of nitrogens with zero attached hydrogens (tertiary/aromatic N) is 1. The van der Waals surface area contributed by atoms with Crippen LogP contribution >= 0.6 is 0 Å². The first-order valence-corrected chi connectivity index (χ1v) is 7.39. The summed E-state index contributed by atoms with van der Waals surface area (Å²) in [6.07, 6.45) is 0.0612. The highest BCUT2D eigenvalue weighted by molar-refractivity contribution is 5.46. The molecular formula is C18H22N2O. The topological polar surface area (TPSA) is 24.5 Å². The van der Waals surface area contributed by atoms with E-state index in [1.807, 2.05) is 20.2 Å². The van der Waals surface area contributed by atoms with Crippen LogP contribution in [0.5, 0.6) is 0 Å². The molecule has 1 aliphatic rings. The Balaban J connectivity index is 1.76. The van der Waals surface area contributed by atoms with Crippen LogP contribution in [0, 0.1) is 0 Å². The minimum Gasteiger partial charge on any atom is -0.378 e. The van der Waals surface area contributed by atoms with Crippen molar-refractivity contribution < 1.29 is 4.74 Å². The van der Waals surface area contributed by atoms with E-state index in [4.69, 9.17) is 4.74 Å². The largest absolute Gasteiger partial charge is 0.378 e. The summed E-state index contributed by atoms with van der Waals surface area (Å²) in [6, 6.07) is 19.2. The number of hydrogen-bond donors (Lipinski definition) is 1. The molecule has 3 heteroatoms. The van der Waals surface area contributed by atoms with Crippen molar-refractivity contribution in [1.29, 1.82) is 0 Å². The molecule has 3 unspecified atom stereocenters. The van der Waals surface area contributed by atoms with Crippen molar-refractivity contribution in [2.75, 3.05) is 19.0 Å². The lowest BCUT2D eigenvalue weighted by molar-refractivity contribution is 0.0363. The molecule has 1 fully saturated rings. The van der Waals surface area contributed by atoms with Gasteiger partial charge in [0.15, 0.2) is 0 Å². The molecule has 2 aromatic carbocycles. The second-order valence-electron chi connectivity index (χ2n) is 5.79. The number of rotatable bonds is 3. The molecule has 3 rings (SSSR count).